The van der Waals surface area contributed by atoms with Crippen molar-refractivity contribution in [2.45, 2.75) is 11.3 Å². The van der Waals surface area contributed by atoms with Gasteiger partial charge in [-0.2, -0.15) is 4.31 Å². The number of nitrogens with one attached hydrogen (secondary N) is 1. The fourth-order valence-corrected chi connectivity index (χ4v) is 5.11. The number of aromatic nitrogens is 1. The number of rotatable bonds is 5. The molecule has 1 aliphatic heterocycles. The first-order chi connectivity index (χ1) is 15.8. The lowest BCUT2D eigenvalue weighted by Crippen LogP contribution is -2.35. The van der Waals surface area contributed by atoms with Crippen LogP contribution in [0.2, 0.25) is 0 Å². The molecule has 1 amide bonds. The number of hydrogen-bond donors (Lipinski definition) is 1. The van der Waals surface area contributed by atoms with Gasteiger partial charge >= 0.3 is 0 Å². The lowest BCUT2D eigenvalue weighted by Gasteiger charge is -2.23. The van der Waals surface area contributed by atoms with Crippen molar-refractivity contribution in [3.63, 3.8) is 0 Å². The SMILES string of the molecule is O=C(Nc1ccc(N2CCCN(S(=O)(=O)c3ccccc3)CC2)nc1)c1ccc(F)cc1F. The van der Waals surface area contributed by atoms with Gasteiger partial charge in [-0.05, 0) is 42.8 Å². The van der Waals surface area contributed by atoms with E-state index in [-0.39, 0.29) is 10.5 Å². The number of benzene rings is 2. The van der Waals surface area contributed by atoms with Gasteiger partial charge in [0.25, 0.3) is 5.91 Å². The van der Waals surface area contributed by atoms with E-state index in [1.165, 1.54) is 10.5 Å². The number of pyridine rings is 1. The molecule has 0 atom stereocenters. The monoisotopic (exact) mass is 472 g/mol. The summed E-state index contributed by atoms with van der Waals surface area (Å²) in [5, 5.41) is 2.54. The van der Waals surface area contributed by atoms with E-state index in [0.717, 1.165) is 12.1 Å². The summed E-state index contributed by atoms with van der Waals surface area (Å²) in [4.78, 5) is 18.9. The molecule has 7 nitrogen and oxygen atoms in total. The highest BCUT2D eigenvalue weighted by Gasteiger charge is 2.27. The second-order valence-electron chi connectivity index (χ2n) is 7.54. The van der Waals surface area contributed by atoms with Crippen molar-refractivity contribution in [3.05, 3.63) is 84.1 Å². The van der Waals surface area contributed by atoms with Crippen LogP contribution in [0.3, 0.4) is 0 Å². The van der Waals surface area contributed by atoms with Crippen molar-refractivity contribution in [1.82, 2.24) is 9.29 Å². The van der Waals surface area contributed by atoms with Crippen LogP contribution in [0.25, 0.3) is 0 Å². The number of sulfonamides is 1. The lowest BCUT2D eigenvalue weighted by atomic mass is 10.2. The van der Waals surface area contributed by atoms with E-state index in [0.29, 0.717) is 50.2 Å². The second-order valence-corrected chi connectivity index (χ2v) is 9.48. The highest BCUT2D eigenvalue weighted by atomic mass is 32.2. The van der Waals surface area contributed by atoms with E-state index in [9.17, 15) is 22.0 Å². The molecule has 1 fully saturated rings. The van der Waals surface area contributed by atoms with Crippen molar-refractivity contribution in [1.29, 1.82) is 0 Å². The molecule has 0 bridgehead atoms. The van der Waals surface area contributed by atoms with Gasteiger partial charge in [0.15, 0.2) is 0 Å². The predicted octanol–water partition coefficient (Wildman–Crippen LogP) is 3.51. The van der Waals surface area contributed by atoms with E-state index in [2.05, 4.69) is 10.3 Å². The first-order valence-corrected chi connectivity index (χ1v) is 11.8. The van der Waals surface area contributed by atoms with Crippen molar-refractivity contribution < 1.29 is 22.0 Å². The smallest absolute Gasteiger partial charge is 0.258 e. The minimum absolute atomic E-state index is 0.271. The molecule has 172 valence electrons. The minimum Gasteiger partial charge on any atom is -0.355 e. The summed E-state index contributed by atoms with van der Waals surface area (Å²) in [5.41, 5.74) is 0.0864. The molecule has 1 aliphatic rings. The van der Waals surface area contributed by atoms with Crippen LogP contribution in [0.5, 0.6) is 0 Å². The molecule has 10 heteroatoms. The molecule has 3 aromatic rings. The molecule has 33 heavy (non-hydrogen) atoms. The highest BCUT2D eigenvalue weighted by molar-refractivity contribution is 7.89. The molecule has 0 saturated carbocycles. The molecular weight excluding hydrogens is 450 g/mol. The van der Waals surface area contributed by atoms with Crippen molar-refractivity contribution in [2.75, 3.05) is 36.4 Å². The molecule has 0 unspecified atom stereocenters. The standard InChI is InChI=1S/C23H22F2N4O3S/c24-17-7-9-20(21(25)15-17)23(30)27-18-8-10-22(26-16-18)28-11-4-12-29(14-13-28)33(31,32)19-5-2-1-3-6-19/h1-3,5-10,15-16H,4,11-14H2,(H,27,30). The van der Waals surface area contributed by atoms with Gasteiger partial charge in [0.1, 0.15) is 17.5 Å². The Morgan fingerprint density at radius 3 is 2.42 bits per heavy atom. The number of nitrogens with zero attached hydrogens (tertiary/aromatic N) is 3. The summed E-state index contributed by atoms with van der Waals surface area (Å²) >= 11 is 0. The van der Waals surface area contributed by atoms with Gasteiger partial charge in [-0.25, -0.2) is 22.2 Å². The van der Waals surface area contributed by atoms with E-state index < -0.39 is 27.6 Å². The quantitative estimate of drug-likeness (QED) is 0.615. The molecule has 1 saturated heterocycles. The third kappa shape index (κ3) is 5.18. The number of amides is 1. The van der Waals surface area contributed by atoms with Crippen LogP contribution < -0.4 is 10.2 Å². The van der Waals surface area contributed by atoms with Gasteiger partial charge in [0.05, 0.1) is 22.3 Å². The number of hydrogen-bond acceptors (Lipinski definition) is 5. The van der Waals surface area contributed by atoms with Crippen LogP contribution in [0.15, 0.2) is 71.8 Å². The maximum atomic E-state index is 13.8. The van der Waals surface area contributed by atoms with Gasteiger partial charge in [0, 0.05) is 32.2 Å². The number of carbonyl (C=O) groups is 1. The second kappa shape index (κ2) is 9.63. The average Bonchev–Trinajstić information content (AvgIpc) is 3.07. The topological polar surface area (TPSA) is 82.6 Å². The Kier molecular flexibility index (Phi) is 6.66. The zero-order valence-corrected chi connectivity index (χ0v) is 18.4. The van der Waals surface area contributed by atoms with Crippen LogP contribution in [-0.4, -0.2) is 49.8 Å². The Labute approximate surface area is 190 Å². The zero-order chi connectivity index (χ0) is 23.4. The van der Waals surface area contributed by atoms with Crippen LogP contribution in [0, 0.1) is 11.6 Å². The van der Waals surface area contributed by atoms with Crippen LogP contribution >= 0.6 is 0 Å². The summed E-state index contributed by atoms with van der Waals surface area (Å²) in [6.45, 7) is 1.82. The summed E-state index contributed by atoms with van der Waals surface area (Å²) < 4.78 is 54.1. The summed E-state index contributed by atoms with van der Waals surface area (Å²) in [7, 11) is -3.56. The Bertz CT molecular complexity index is 1240. The summed E-state index contributed by atoms with van der Waals surface area (Å²) in [6, 6.07) is 14.4. The van der Waals surface area contributed by atoms with E-state index in [1.54, 1.807) is 42.5 Å². The van der Waals surface area contributed by atoms with Gasteiger partial charge in [-0.1, -0.05) is 18.2 Å². The normalized spacial score (nSPS) is 15.2. The van der Waals surface area contributed by atoms with Crippen molar-refractivity contribution in [3.8, 4) is 0 Å². The van der Waals surface area contributed by atoms with Crippen molar-refractivity contribution in [2.24, 2.45) is 0 Å². The molecule has 0 aliphatic carbocycles. The van der Waals surface area contributed by atoms with Crippen LogP contribution in [0.4, 0.5) is 20.3 Å². The fraction of sp³-hybridized carbons (Fsp3) is 0.217. The van der Waals surface area contributed by atoms with Gasteiger partial charge in [-0.3, -0.25) is 4.79 Å². The Balaban J connectivity index is 1.40. The Morgan fingerprint density at radius 1 is 0.939 bits per heavy atom. The molecular formula is C23H22F2N4O3S. The number of halogens is 2. The molecule has 2 aromatic carbocycles. The third-order valence-electron chi connectivity index (χ3n) is 5.34. The fourth-order valence-electron chi connectivity index (χ4n) is 3.62. The molecule has 0 radical (unpaired) electrons. The van der Waals surface area contributed by atoms with Gasteiger partial charge < -0.3 is 10.2 Å². The predicted molar refractivity (Wildman–Crippen MR) is 121 cm³/mol. The number of carbonyl (C=O) groups excluding carboxylic acids is 1. The summed E-state index contributed by atoms with van der Waals surface area (Å²) in [5.74, 6) is -1.78. The maximum absolute atomic E-state index is 13.8. The Hall–Kier alpha value is -3.37. The van der Waals surface area contributed by atoms with Gasteiger partial charge in [0.2, 0.25) is 10.0 Å². The highest BCUT2D eigenvalue weighted by Crippen LogP contribution is 2.21. The van der Waals surface area contributed by atoms with E-state index in [1.807, 2.05) is 4.90 Å². The third-order valence-corrected chi connectivity index (χ3v) is 7.25. The van der Waals surface area contributed by atoms with E-state index in [4.69, 9.17) is 0 Å². The first-order valence-electron chi connectivity index (χ1n) is 10.4. The molecule has 1 N–H and O–H groups in total. The zero-order valence-electron chi connectivity index (χ0n) is 17.6. The molecule has 1 aromatic heterocycles. The van der Waals surface area contributed by atoms with Gasteiger partial charge in [-0.15, -0.1) is 0 Å². The lowest BCUT2D eigenvalue weighted by molar-refractivity contribution is 0.102. The largest absolute Gasteiger partial charge is 0.355 e. The first kappa shape index (κ1) is 22.8. The van der Waals surface area contributed by atoms with Crippen LogP contribution in [0.1, 0.15) is 16.8 Å². The van der Waals surface area contributed by atoms with E-state index >= 15 is 0 Å². The molecule has 0 spiro atoms. The Morgan fingerprint density at radius 2 is 1.73 bits per heavy atom. The number of anilines is 2. The molecule has 2 heterocycles. The summed E-state index contributed by atoms with van der Waals surface area (Å²) in [6.07, 6.45) is 2.08. The molecule has 4 rings (SSSR count). The average molecular weight is 473 g/mol. The minimum atomic E-state index is -3.56. The van der Waals surface area contributed by atoms with Crippen molar-refractivity contribution >= 4 is 27.4 Å². The van der Waals surface area contributed by atoms with Crippen LogP contribution in [-0.2, 0) is 10.0 Å². The maximum Gasteiger partial charge on any atom is 0.258 e.